The fourth-order valence-corrected chi connectivity index (χ4v) is 3.45. The zero-order valence-corrected chi connectivity index (χ0v) is 16.0. The lowest BCUT2D eigenvalue weighted by atomic mass is 10.1. The van der Waals surface area contributed by atoms with Gasteiger partial charge in [0.2, 0.25) is 5.95 Å². The van der Waals surface area contributed by atoms with Crippen molar-refractivity contribution in [3.05, 3.63) is 59.5 Å². The molecule has 1 aliphatic carbocycles. The fraction of sp³-hybridized carbons (Fsp3) is 0.286. The van der Waals surface area contributed by atoms with E-state index in [4.69, 9.17) is 0 Å². The van der Waals surface area contributed by atoms with Crippen LogP contribution in [0.3, 0.4) is 0 Å². The molecule has 1 saturated carbocycles. The molecule has 0 radical (unpaired) electrons. The molecule has 0 amide bonds. The number of fused-ring (bicyclic) bond motifs is 1. The first-order chi connectivity index (χ1) is 13.6. The fourth-order valence-electron chi connectivity index (χ4n) is 3.45. The molecule has 4 N–H and O–H groups in total. The molecule has 142 valence electrons. The van der Waals surface area contributed by atoms with Crippen LogP contribution < -0.4 is 10.6 Å². The standard InChI is InChI=1S/C21H23N7/c1-12-9-19(25-20-11-18(27-28-20)14-3-4-14)26-21(23-12)24-13(2)15-5-6-17-16(10-15)7-8-22-17/h5-11,13-14,22H,3-4H2,1-2H3,(H3,23,24,25,26,27,28). The van der Waals surface area contributed by atoms with E-state index in [1.807, 2.05) is 19.2 Å². The predicted molar refractivity (Wildman–Crippen MR) is 111 cm³/mol. The number of aromatic amines is 2. The van der Waals surface area contributed by atoms with Gasteiger partial charge in [0.25, 0.3) is 0 Å². The van der Waals surface area contributed by atoms with Crippen molar-refractivity contribution >= 4 is 28.5 Å². The first-order valence-corrected chi connectivity index (χ1v) is 9.65. The summed E-state index contributed by atoms with van der Waals surface area (Å²) in [5.41, 5.74) is 4.42. The Labute approximate surface area is 163 Å². The van der Waals surface area contributed by atoms with E-state index in [9.17, 15) is 0 Å². The number of hydrogen-bond acceptors (Lipinski definition) is 5. The Hall–Kier alpha value is -3.35. The van der Waals surface area contributed by atoms with Crippen molar-refractivity contribution in [2.45, 2.75) is 38.6 Å². The van der Waals surface area contributed by atoms with Crippen LogP contribution in [0.1, 0.15) is 48.7 Å². The Kier molecular flexibility index (Phi) is 4.00. The maximum absolute atomic E-state index is 4.62. The van der Waals surface area contributed by atoms with E-state index in [2.05, 4.69) is 73.0 Å². The van der Waals surface area contributed by atoms with Crippen LogP contribution in [-0.2, 0) is 0 Å². The monoisotopic (exact) mass is 373 g/mol. The van der Waals surface area contributed by atoms with Crippen LogP contribution in [0.4, 0.5) is 17.6 Å². The third-order valence-electron chi connectivity index (χ3n) is 5.15. The van der Waals surface area contributed by atoms with Crippen molar-refractivity contribution in [1.29, 1.82) is 0 Å². The van der Waals surface area contributed by atoms with Gasteiger partial charge in [-0.05, 0) is 55.8 Å². The predicted octanol–water partition coefficient (Wildman–Crippen LogP) is 4.78. The molecule has 0 bridgehead atoms. The van der Waals surface area contributed by atoms with Crippen LogP contribution in [0, 0.1) is 6.92 Å². The summed E-state index contributed by atoms with van der Waals surface area (Å²) in [6, 6.07) is 12.6. The first kappa shape index (κ1) is 16.8. The number of H-pyrrole nitrogens is 2. The van der Waals surface area contributed by atoms with E-state index in [-0.39, 0.29) is 6.04 Å². The second-order valence-electron chi connectivity index (χ2n) is 7.52. The van der Waals surface area contributed by atoms with E-state index in [1.165, 1.54) is 29.5 Å². The summed E-state index contributed by atoms with van der Waals surface area (Å²) in [7, 11) is 0. The highest BCUT2D eigenvalue weighted by Gasteiger charge is 2.25. The molecule has 28 heavy (non-hydrogen) atoms. The van der Waals surface area contributed by atoms with Gasteiger partial charge in [0.1, 0.15) is 5.82 Å². The summed E-state index contributed by atoms with van der Waals surface area (Å²) >= 11 is 0. The molecule has 1 aromatic carbocycles. The van der Waals surface area contributed by atoms with Crippen LogP contribution in [0.2, 0.25) is 0 Å². The minimum atomic E-state index is 0.0841. The SMILES string of the molecule is Cc1cc(Nc2cc(C3CC3)[nH]n2)nc(NC(C)c2ccc3[nH]ccc3c2)n1. The molecule has 5 rings (SSSR count). The molecule has 3 aromatic heterocycles. The van der Waals surface area contributed by atoms with Gasteiger partial charge in [0.05, 0.1) is 6.04 Å². The molecule has 1 fully saturated rings. The number of benzene rings is 1. The minimum Gasteiger partial charge on any atom is -0.361 e. The Morgan fingerprint density at radius 3 is 2.82 bits per heavy atom. The molecule has 3 heterocycles. The summed E-state index contributed by atoms with van der Waals surface area (Å²) in [5, 5.41) is 15.4. The number of rotatable bonds is 6. The Morgan fingerprint density at radius 1 is 1.07 bits per heavy atom. The number of hydrogen-bond donors (Lipinski definition) is 4. The van der Waals surface area contributed by atoms with Gasteiger partial charge in [0, 0.05) is 41.2 Å². The Morgan fingerprint density at radius 2 is 1.96 bits per heavy atom. The molecular weight excluding hydrogens is 350 g/mol. The van der Waals surface area contributed by atoms with Crippen molar-refractivity contribution in [1.82, 2.24) is 25.1 Å². The van der Waals surface area contributed by atoms with Gasteiger partial charge < -0.3 is 15.6 Å². The van der Waals surface area contributed by atoms with Gasteiger partial charge in [-0.1, -0.05) is 6.07 Å². The molecular formula is C21H23N7. The zero-order chi connectivity index (χ0) is 19.1. The lowest BCUT2D eigenvalue weighted by molar-refractivity contribution is 0.859. The summed E-state index contributed by atoms with van der Waals surface area (Å²) in [6.07, 6.45) is 4.45. The van der Waals surface area contributed by atoms with Crippen molar-refractivity contribution in [2.24, 2.45) is 0 Å². The number of aromatic nitrogens is 5. The number of anilines is 3. The summed E-state index contributed by atoms with van der Waals surface area (Å²) in [5.74, 6) is 2.77. The maximum Gasteiger partial charge on any atom is 0.225 e. The Balaban J connectivity index is 1.34. The molecule has 0 aliphatic heterocycles. The second-order valence-corrected chi connectivity index (χ2v) is 7.52. The minimum absolute atomic E-state index is 0.0841. The largest absolute Gasteiger partial charge is 0.361 e. The smallest absolute Gasteiger partial charge is 0.225 e. The summed E-state index contributed by atoms with van der Waals surface area (Å²) in [4.78, 5) is 12.4. The van der Waals surface area contributed by atoms with Gasteiger partial charge >= 0.3 is 0 Å². The van der Waals surface area contributed by atoms with E-state index in [0.717, 1.165) is 22.8 Å². The third kappa shape index (κ3) is 3.43. The average molecular weight is 373 g/mol. The first-order valence-electron chi connectivity index (χ1n) is 9.65. The van der Waals surface area contributed by atoms with Gasteiger partial charge in [-0.15, -0.1) is 0 Å². The van der Waals surface area contributed by atoms with Gasteiger partial charge in [0.15, 0.2) is 5.82 Å². The van der Waals surface area contributed by atoms with Crippen LogP contribution in [0.15, 0.2) is 42.6 Å². The van der Waals surface area contributed by atoms with E-state index >= 15 is 0 Å². The molecule has 4 aromatic rings. The quantitative estimate of drug-likeness (QED) is 0.390. The average Bonchev–Trinajstić information content (AvgIpc) is 3.23. The highest BCUT2D eigenvalue weighted by atomic mass is 15.2. The highest BCUT2D eigenvalue weighted by molar-refractivity contribution is 5.80. The van der Waals surface area contributed by atoms with Gasteiger partial charge in [-0.25, -0.2) is 4.98 Å². The van der Waals surface area contributed by atoms with Crippen molar-refractivity contribution in [3.63, 3.8) is 0 Å². The third-order valence-corrected chi connectivity index (χ3v) is 5.15. The normalized spacial score (nSPS) is 14.9. The van der Waals surface area contributed by atoms with Gasteiger partial charge in [-0.3, -0.25) is 5.10 Å². The topological polar surface area (TPSA) is 94.3 Å². The zero-order valence-electron chi connectivity index (χ0n) is 16.0. The van der Waals surface area contributed by atoms with E-state index in [0.29, 0.717) is 11.9 Å². The molecule has 1 unspecified atom stereocenters. The summed E-state index contributed by atoms with van der Waals surface area (Å²) in [6.45, 7) is 4.08. The second kappa shape index (κ2) is 6.67. The van der Waals surface area contributed by atoms with Crippen molar-refractivity contribution in [2.75, 3.05) is 10.6 Å². The molecule has 7 heteroatoms. The Bertz CT molecular complexity index is 1120. The molecule has 1 aliphatic rings. The molecule has 0 spiro atoms. The van der Waals surface area contributed by atoms with Crippen molar-refractivity contribution < 1.29 is 0 Å². The van der Waals surface area contributed by atoms with Gasteiger partial charge in [-0.2, -0.15) is 10.1 Å². The van der Waals surface area contributed by atoms with E-state index < -0.39 is 0 Å². The molecule has 0 saturated heterocycles. The highest BCUT2D eigenvalue weighted by Crippen LogP contribution is 2.39. The molecule has 1 atom stereocenters. The van der Waals surface area contributed by atoms with Crippen LogP contribution in [-0.4, -0.2) is 25.1 Å². The van der Waals surface area contributed by atoms with Crippen LogP contribution in [0.5, 0.6) is 0 Å². The molecule has 7 nitrogen and oxygen atoms in total. The summed E-state index contributed by atoms with van der Waals surface area (Å²) < 4.78 is 0. The van der Waals surface area contributed by atoms with Crippen LogP contribution in [0.25, 0.3) is 10.9 Å². The lowest BCUT2D eigenvalue weighted by Crippen LogP contribution is -2.11. The van der Waals surface area contributed by atoms with Crippen molar-refractivity contribution in [3.8, 4) is 0 Å². The number of nitrogens with zero attached hydrogens (tertiary/aromatic N) is 3. The number of nitrogens with one attached hydrogen (secondary N) is 4. The van der Waals surface area contributed by atoms with Crippen LogP contribution >= 0.6 is 0 Å². The number of aryl methyl sites for hydroxylation is 1. The van der Waals surface area contributed by atoms with E-state index in [1.54, 1.807) is 0 Å². The lowest BCUT2D eigenvalue weighted by Gasteiger charge is -2.15. The maximum atomic E-state index is 4.62.